The summed E-state index contributed by atoms with van der Waals surface area (Å²) < 4.78 is 33.9. The van der Waals surface area contributed by atoms with E-state index in [4.69, 9.17) is 16.3 Å². The van der Waals surface area contributed by atoms with Crippen molar-refractivity contribution in [2.45, 2.75) is 38.9 Å². The molecule has 2 unspecified atom stereocenters. The standard InChI is InChI=1S/C12H23ClN2O3S/c1-10-8-15(9-11(2)18-10)19(16,17)14-5-3-12(7-13)4-6-14/h10-12H,3-9H2,1-2H3. The van der Waals surface area contributed by atoms with Gasteiger partial charge in [-0.3, -0.25) is 0 Å². The van der Waals surface area contributed by atoms with E-state index in [2.05, 4.69) is 0 Å². The van der Waals surface area contributed by atoms with Crippen molar-refractivity contribution in [1.82, 2.24) is 8.61 Å². The number of rotatable bonds is 3. The van der Waals surface area contributed by atoms with E-state index in [-0.39, 0.29) is 12.2 Å². The molecular weight excluding hydrogens is 288 g/mol. The largest absolute Gasteiger partial charge is 0.373 e. The molecule has 0 aromatic rings. The second kappa shape index (κ2) is 6.26. The van der Waals surface area contributed by atoms with Gasteiger partial charge in [-0.05, 0) is 32.6 Å². The molecule has 2 saturated heterocycles. The van der Waals surface area contributed by atoms with Gasteiger partial charge in [0.1, 0.15) is 0 Å². The van der Waals surface area contributed by atoms with Crippen molar-refractivity contribution >= 4 is 21.8 Å². The Labute approximate surface area is 121 Å². The molecule has 0 saturated carbocycles. The molecule has 0 spiro atoms. The zero-order valence-electron chi connectivity index (χ0n) is 11.6. The monoisotopic (exact) mass is 310 g/mol. The Morgan fingerprint density at radius 3 is 2.11 bits per heavy atom. The third-order valence-corrected chi connectivity index (χ3v) is 6.24. The molecule has 0 bridgehead atoms. The highest BCUT2D eigenvalue weighted by molar-refractivity contribution is 7.86. The molecule has 2 heterocycles. The van der Waals surface area contributed by atoms with E-state index in [0.29, 0.717) is 38.0 Å². The SMILES string of the molecule is CC1CN(S(=O)(=O)N2CCC(CCl)CC2)CC(C)O1. The lowest BCUT2D eigenvalue weighted by Crippen LogP contribution is -2.54. The van der Waals surface area contributed by atoms with Crippen LogP contribution in [-0.4, -0.2) is 61.3 Å². The van der Waals surface area contributed by atoms with Crippen molar-refractivity contribution in [3.8, 4) is 0 Å². The van der Waals surface area contributed by atoms with Gasteiger partial charge in [0.15, 0.2) is 0 Å². The summed E-state index contributed by atoms with van der Waals surface area (Å²) in [5, 5.41) is 0. The molecule has 7 heteroatoms. The molecular formula is C12H23ClN2O3S. The van der Waals surface area contributed by atoms with Gasteiger partial charge in [0.05, 0.1) is 12.2 Å². The first-order chi connectivity index (χ1) is 8.93. The Hall–Kier alpha value is 0.120. The van der Waals surface area contributed by atoms with Crippen LogP contribution in [-0.2, 0) is 14.9 Å². The Bertz CT molecular complexity index is 386. The number of hydrogen-bond acceptors (Lipinski definition) is 3. The summed E-state index contributed by atoms with van der Waals surface area (Å²) in [6.45, 7) is 5.89. The maximum absolute atomic E-state index is 12.6. The summed E-state index contributed by atoms with van der Waals surface area (Å²) in [5.74, 6) is 1.08. The first-order valence-corrected chi connectivity index (χ1v) is 8.83. The van der Waals surface area contributed by atoms with Crippen LogP contribution in [0.5, 0.6) is 0 Å². The third-order valence-electron chi connectivity index (χ3n) is 3.83. The highest BCUT2D eigenvalue weighted by Gasteiger charge is 2.36. The minimum absolute atomic E-state index is 0.0427. The molecule has 2 rings (SSSR count). The number of alkyl halides is 1. The van der Waals surface area contributed by atoms with E-state index in [0.717, 1.165) is 12.8 Å². The van der Waals surface area contributed by atoms with Gasteiger partial charge < -0.3 is 4.74 Å². The molecule has 2 atom stereocenters. The number of ether oxygens (including phenoxy) is 1. The summed E-state index contributed by atoms with van der Waals surface area (Å²) in [6, 6.07) is 0. The van der Waals surface area contributed by atoms with Crippen LogP contribution in [0.4, 0.5) is 0 Å². The minimum atomic E-state index is -3.34. The van der Waals surface area contributed by atoms with Crippen LogP contribution in [0.1, 0.15) is 26.7 Å². The number of hydrogen-bond donors (Lipinski definition) is 0. The molecule has 0 aliphatic carbocycles. The van der Waals surface area contributed by atoms with Crippen molar-refractivity contribution in [1.29, 1.82) is 0 Å². The van der Waals surface area contributed by atoms with Crippen LogP contribution in [0.15, 0.2) is 0 Å². The fourth-order valence-corrected chi connectivity index (χ4v) is 4.88. The summed E-state index contributed by atoms with van der Waals surface area (Å²) >= 11 is 5.83. The molecule has 0 aromatic heterocycles. The lowest BCUT2D eigenvalue weighted by Gasteiger charge is -2.39. The number of nitrogens with zero attached hydrogens (tertiary/aromatic N) is 2. The molecule has 5 nitrogen and oxygen atoms in total. The molecule has 0 N–H and O–H groups in total. The molecule has 0 amide bonds. The van der Waals surface area contributed by atoms with Gasteiger partial charge in [0.2, 0.25) is 0 Å². The van der Waals surface area contributed by atoms with Crippen molar-refractivity contribution in [3.05, 3.63) is 0 Å². The average Bonchev–Trinajstić information content (AvgIpc) is 2.37. The lowest BCUT2D eigenvalue weighted by atomic mass is 10.0. The van der Waals surface area contributed by atoms with E-state index in [1.807, 2.05) is 13.8 Å². The smallest absolute Gasteiger partial charge is 0.282 e. The lowest BCUT2D eigenvalue weighted by molar-refractivity contribution is -0.0456. The van der Waals surface area contributed by atoms with Crippen LogP contribution in [0.2, 0.25) is 0 Å². The van der Waals surface area contributed by atoms with Gasteiger partial charge >= 0.3 is 0 Å². The van der Waals surface area contributed by atoms with Gasteiger partial charge in [0, 0.05) is 32.1 Å². The Kier molecular flexibility index (Phi) is 5.11. The van der Waals surface area contributed by atoms with Crippen LogP contribution >= 0.6 is 11.6 Å². The van der Waals surface area contributed by atoms with E-state index in [9.17, 15) is 8.42 Å². The number of morpholine rings is 1. The zero-order valence-corrected chi connectivity index (χ0v) is 13.2. The first-order valence-electron chi connectivity index (χ1n) is 6.90. The van der Waals surface area contributed by atoms with E-state index in [1.54, 1.807) is 8.61 Å². The molecule has 19 heavy (non-hydrogen) atoms. The quantitative estimate of drug-likeness (QED) is 0.738. The fourth-order valence-electron chi connectivity index (χ4n) is 2.78. The third kappa shape index (κ3) is 3.61. The van der Waals surface area contributed by atoms with Crippen LogP contribution < -0.4 is 0 Å². The Morgan fingerprint density at radius 1 is 1.11 bits per heavy atom. The topological polar surface area (TPSA) is 49.9 Å². The zero-order chi connectivity index (χ0) is 14.0. The van der Waals surface area contributed by atoms with Crippen LogP contribution in [0.25, 0.3) is 0 Å². The summed E-state index contributed by atoms with van der Waals surface area (Å²) in [6.07, 6.45) is 1.63. The minimum Gasteiger partial charge on any atom is -0.373 e. The second-order valence-corrected chi connectivity index (χ2v) is 7.82. The van der Waals surface area contributed by atoms with E-state index < -0.39 is 10.2 Å². The van der Waals surface area contributed by atoms with Crippen LogP contribution in [0, 0.1) is 5.92 Å². The summed E-state index contributed by atoms with van der Waals surface area (Å²) in [5.41, 5.74) is 0. The predicted molar refractivity (Wildman–Crippen MR) is 75.5 cm³/mol. The van der Waals surface area contributed by atoms with Crippen molar-refractivity contribution < 1.29 is 13.2 Å². The molecule has 2 fully saturated rings. The van der Waals surface area contributed by atoms with Gasteiger partial charge in [-0.1, -0.05) is 0 Å². The average molecular weight is 311 g/mol. The van der Waals surface area contributed by atoms with E-state index in [1.165, 1.54) is 0 Å². The van der Waals surface area contributed by atoms with Crippen molar-refractivity contribution in [2.75, 3.05) is 32.1 Å². The molecule has 2 aliphatic rings. The number of piperidine rings is 1. The maximum Gasteiger partial charge on any atom is 0.282 e. The van der Waals surface area contributed by atoms with Gasteiger partial charge in [-0.15, -0.1) is 11.6 Å². The first kappa shape index (κ1) is 15.5. The Balaban J connectivity index is 2.02. The predicted octanol–water partition coefficient (Wildman–Crippen LogP) is 1.29. The highest BCUT2D eigenvalue weighted by atomic mass is 35.5. The van der Waals surface area contributed by atoms with Gasteiger partial charge in [-0.2, -0.15) is 17.0 Å². The number of halogens is 1. The highest BCUT2D eigenvalue weighted by Crippen LogP contribution is 2.24. The molecule has 0 radical (unpaired) electrons. The normalized spacial score (nSPS) is 32.6. The summed E-state index contributed by atoms with van der Waals surface area (Å²) in [7, 11) is -3.34. The second-order valence-electron chi connectivity index (χ2n) is 5.58. The fraction of sp³-hybridized carbons (Fsp3) is 1.00. The van der Waals surface area contributed by atoms with Crippen LogP contribution in [0.3, 0.4) is 0 Å². The van der Waals surface area contributed by atoms with Gasteiger partial charge in [-0.25, -0.2) is 0 Å². The molecule has 0 aromatic carbocycles. The van der Waals surface area contributed by atoms with Gasteiger partial charge in [0.25, 0.3) is 10.2 Å². The Morgan fingerprint density at radius 2 is 1.63 bits per heavy atom. The molecule has 2 aliphatic heterocycles. The van der Waals surface area contributed by atoms with Crippen molar-refractivity contribution in [2.24, 2.45) is 5.92 Å². The van der Waals surface area contributed by atoms with E-state index >= 15 is 0 Å². The maximum atomic E-state index is 12.6. The van der Waals surface area contributed by atoms with Crippen molar-refractivity contribution in [3.63, 3.8) is 0 Å². The summed E-state index contributed by atoms with van der Waals surface area (Å²) in [4.78, 5) is 0. The molecule has 112 valence electrons.